The summed E-state index contributed by atoms with van der Waals surface area (Å²) < 4.78 is 11.3. The summed E-state index contributed by atoms with van der Waals surface area (Å²) in [6, 6.07) is 15.4. The Kier molecular flexibility index (Phi) is 7.29. The molecule has 0 spiro atoms. The Balaban J connectivity index is 1.83. The molecule has 180 valence electrons. The van der Waals surface area contributed by atoms with Gasteiger partial charge in [0.05, 0.1) is 24.3 Å². The second-order valence-corrected chi connectivity index (χ2v) is 9.14. The van der Waals surface area contributed by atoms with E-state index in [-0.39, 0.29) is 11.8 Å². The SMILES string of the molecule is CCCOc1c(OC)nc2ccc(C(O)(c3ccccc3)C3CCN(C(C)=O)CC3)cc2c1Cl. The molecule has 0 saturated carbocycles. The van der Waals surface area contributed by atoms with Crippen LogP contribution in [0.4, 0.5) is 0 Å². The van der Waals surface area contributed by atoms with Crippen molar-refractivity contribution in [1.82, 2.24) is 9.88 Å². The van der Waals surface area contributed by atoms with Crippen molar-refractivity contribution in [2.75, 3.05) is 26.8 Å². The van der Waals surface area contributed by atoms with Crippen LogP contribution < -0.4 is 9.47 Å². The van der Waals surface area contributed by atoms with E-state index in [1.165, 1.54) is 0 Å². The van der Waals surface area contributed by atoms with Crippen molar-refractivity contribution < 1.29 is 19.4 Å². The zero-order valence-electron chi connectivity index (χ0n) is 19.9. The van der Waals surface area contributed by atoms with Crippen LogP contribution in [0.15, 0.2) is 48.5 Å². The number of hydrogen-bond donors (Lipinski definition) is 1. The van der Waals surface area contributed by atoms with Gasteiger partial charge in [-0.05, 0) is 48.4 Å². The molecule has 1 aliphatic rings. The van der Waals surface area contributed by atoms with E-state index in [1.54, 1.807) is 14.0 Å². The predicted octanol–water partition coefficient (Wildman–Crippen LogP) is 5.18. The van der Waals surface area contributed by atoms with Crippen molar-refractivity contribution in [3.05, 3.63) is 64.7 Å². The molecule has 1 aromatic heterocycles. The molecule has 1 N–H and O–H groups in total. The van der Waals surface area contributed by atoms with E-state index < -0.39 is 5.60 Å². The average Bonchev–Trinajstić information content (AvgIpc) is 2.88. The van der Waals surface area contributed by atoms with Crippen LogP contribution in [0.3, 0.4) is 0 Å². The van der Waals surface area contributed by atoms with Crippen molar-refractivity contribution in [3.8, 4) is 11.6 Å². The van der Waals surface area contributed by atoms with Crippen LogP contribution in [0.1, 0.15) is 44.2 Å². The number of halogens is 1. The molecule has 3 aromatic rings. The lowest BCUT2D eigenvalue weighted by molar-refractivity contribution is -0.131. The van der Waals surface area contributed by atoms with E-state index in [4.69, 9.17) is 21.1 Å². The summed E-state index contributed by atoms with van der Waals surface area (Å²) in [5, 5.41) is 13.5. The fourth-order valence-electron chi connectivity index (χ4n) is 4.83. The van der Waals surface area contributed by atoms with Gasteiger partial charge in [0, 0.05) is 25.4 Å². The van der Waals surface area contributed by atoms with E-state index in [0.717, 1.165) is 17.5 Å². The number of aliphatic hydroxyl groups is 1. The van der Waals surface area contributed by atoms with Gasteiger partial charge in [-0.3, -0.25) is 4.79 Å². The minimum absolute atomic E-state index is 0.0660. The van der Waals surface area contributed by atoms with Crippen molar-refractivity contribution in [2.45, 2.75) is 38.7 Å². The average molecular weight is 483 g/mol. The van der Waals surface area contributed by atoms with Crippen molar-refractivity contribution in [1.29, 1.82) is 0 Å². The number of amides is 1. The summed E-state index contributed by atoms with van der Waals surface area (Å²) in [4.78, 5) is 18.3. The highest BCUT2D eigenvalue weighted by Crippen LogP contribution is 2.45. The molecule has 1 aliphatic heterocycles. The van der Waals surface area contributed by atoms with Gasteiger partial charge in [0.25, 0.3) is 5.88 Å². The fourth-order valence-corrected chi connectivity index (χ4v) is 5.12. The number of likely N-dealkylation sites (tertiary alicyclic amines) is 1. The Morgan fingerprint density at radius 3 is 2.50 bits per heavy atom. The molecule has 1 fully saturated rings. The zero-order valence-corrected chi connectivity index (χ0v) is 20.6. The van der Waals surface area contributed by atoms with Gasteiger partial charge >= 0.3 is 0 Å². The molecule has 2 heterocycles. The van der Waals surface area contributed by atoms with E-state index in [9.17, 15) is 9.90 Å². The van der Waals surface area contributed by atoms with Gasteiger partial charge in [0.2, 0.25) is 11.7 Å². The molecule has 0 aliphatic carbocycles. The maximum atomic E-state index is 12.3. The lowest BCUT2D eigenvalue weighted by atomic mass is 9.72. The topological polar surface area (TPSA) is 71.9 Å². The Morgan fingerprint density at radius 1 is 1.18 bits per heavy atom. The number of carbonyl (C=O) groups excluding carboxylic acids is 1. The molecule has 1 saturated heterocycles. The third-order valence-corrected chi connectivity index (χ3v) is 7.05. The predicted molar refractivity (Wildman–Crippen MR) is 134 cm³/mol. The second-order valence-electron chi connectivity index (χ2n) is 8.76. The highest BCUT2D eigenvalue weighted by Gasteiger charge is 2.42. The lowest BCUT2D eigenvalue weighted by Crippen LogP contribution is -2.45. The number of piperidine rings is 1. The number of methoxy groups -OCH3 is 1. The standard InChI is InChI=1S/C27H31ClN2O4/c1-4-16-34-25-24(28)22-17-21(10-11-23(22)29-26(25)33-3)27(32,19-8-6-5-7-9-19)20-12-14-30(15-13-20)18(2)31/h5-11,17,20,32H,4,12-16H2,1-3H3. The highest BCUT2D eigenvalue weighted by molar-refractivity contribution is 6.37. The van der Waals surface area contributed by atoms with E-state index in [2.05, 4.69) is 4.98 Å². The van der Waals surface area contributed by atoms with Gasteiger partial charge in [-0.15, -0.1) is 0 Å². The minimum atomic E-state index is -1.24. The number of aromatic nitrogens is 1. The number of nitrogens with zero attached hydrogens (tertiary/aromatic N) is 2. The Morgan fingerprint density at radius 2 is 1.88 bits per heavy atom. The fraction of sp³-hybridized carbons (Fsp3) is 0.407. The maximum absolute atomic E-state index is 12.3. The Labute approximate surface area is 205 Å². The number of ether oxygens (including phenoxy) is 2. The normalized spacial score (nSPS) is 16.3. The Bertz CT molecular complexity index is 1160. The summed E-state index contributed by atoms with van der Waals surface area (Å²) in [7, 11) is 1.54. The first-order chi connectivity index (χ1) is 16.4. The van der Waals surface area contributed by atoms with Gasteiger partial charge in [0.1, 0.15) is 5.60 Å². The molecule has 1 atom stereocenters. The van der Waals surface area contributed by atoms with E-state index in [0.29, 0.717) is 60.1 Å². The molecule has 4 rings (SSSR count). The monoisotopic (exact) mass is 482 g/mol. The third kappa shape index (κ3) is 4.44. The first-order valence-electron chi connectivity index (χ1n) is 11.7. The number of rotatable bonds is 7. The number of carbonyl (C=O) groups is 1. The second kappa shape index (κ2) is 10.2. The molecule has 0 radical (unpaired) electrons. The number of pyridine rings is 1. The third-order valence-electron chi connectivity index (χ3n) is 6.68. The van der Waals surface area contributed by atoms with Crippen LogP contribution in [0.25, 0.3) is 10.9 Å². The van der Waals surface area contributed by atoms with Crippen LogP contribution in [-0.4, -0.2) is 47.7 Å². The molecule has 7 heteroatoms. The van der Waals surface area contributed by atoms with Gasteiger partial charge in [-0.25, -0.2) is 4.98 Å². The lowest BCUT2D eigenvalue weighted by Gasteiger charge is -2.42. The molecule has 34 heavy (non-hydrogen) atoms. The minimum Gasteiger partial charge on any atom is -0.487 e. The highest BCUT2D eigenvalue weighted by atomic mass is 35.5. The molecule has 6 nitrogen and oxygen atoms in total. The van der Waals surface area contributed by atoms with Crippen LogP contribution >= 0.6 is 11.6 Å². The van der Waals surface area contributed by atoms with Crippen LogP contribution in [-0.2, 0) is 10.4 Å². The number of fused-ring (bicyclic) bond motifs is 1. The van der Waals surface area contributed by atoms with Gasteiger partial charge in [-0.2, -0.15) is 0 Å². The summed E-state index contributed by atoms with van der Waals surface area (Å²) in [5.41, 5.74) is 0.973. The van der Waals surface area contributed by atoms with Crippen molar-refractivity contribution in [3.63, 3.8) is 0 Å². The molecular formula is C27H31ClN2O4. The van der Waals surface area contributed by atoms with Gasteiger partial charge < -0.3 is 19.5 Å². The molecular weight excluding hydrogens is 452 g/mol. The van der Waals surface area contributed by atoms with E-state index >= 15 is 0 Å². The first kappa shape index (κ1) is 24.3. The molecule has 1 amide bonds. The molecule has 2 aromatic carbocycles. The molecule has 0 bridgehead atoms. The first-order valence-corrected chi connectivity index (χ1v) is 12.1. The summed E-state index contributed by atoms with van der Waals surface area (Å²) in [6.07, 6.45) is 2.22. The van der Waals surface area contributed by atoms with Crippen LogP contribution in [0, 0.1) is 5.92 Å². The number of hydrogen-bond acceptors (Lipinski definition) is 5. The number of benzene rings is 2. The van der Waals surface area contributed by atoms with Crippen LogP contribution in [0.2, 0.25) is 5.02 Å². The summed E-state index contributed by atoms with van der Waals surface area (Å²) in [5.74, 6) is 0.755. The summed E-state index contributed by atoms with van der Waals surface area (Å²) >= 11 is 6.80. The van der Waals surface area contributed by atoms with E-state index in [1.807, 2.05) is 60.4 Å². The molecule has 1 unspecified atom stereocenters. The maximum Gasteiger partial charge on any atom is 0.258 e. The largest absolute Gasteiger partial charge is 0.487 e. The Hall–Kier alpha value is -2.83. The van der Waals surface area contributed by atoms with Crippen molar-refractivity contribution >= 4 is 28.4 Å². The van der Waals surface area contributed by atoms with Crippen molar-refractivity contribution in [2.24, 2.45) is 5.92 Å². The van der Waals surface area contributed by atoms with Gasteiger partial charge in [0.15, 0.2) is 0 Å². The summed E-state index contributed by atoms with van der Waals surface area (Å²) in [6.45, 7) is 5.35. The van der Waals surface area contributed by atoms with Crippen LogP contribution in [0.5, 0.6) is 11.6 Å². The zero-order chi connectivity index (χ0) is 24.3. The van der Waals surface area contributed by atoms with Gasteiger partial charge in [-0.1, -0.05) is 54.9 Å². The smallest absolute Gasteiger partial charge is 0.258 e. The quantitative estimate of drug-likeness (QED) is 0.502.